The topological polar surface area (TPSA) is 81.1 Å². The molecule has 0 spiro atoms. The lowest BCUT2D eigenvalue weighted by atomic mass is 10.1. The number of nitrogens with zero attached hydrogens (tertiary/aromatic N) is 4. The van der Waals surface area contributed by atoms with Crippen LogP contribution in [0.25, 0.3) is 11.3 Å². The minimum atomic E-state index is 0.525. The van der Waals surface area contributed by atoms with E-state index in [4.69, 9.17) is 29.6 Å². The molecule has 7 nitrogen and oxygen atoms in total. The molecule has 0 atom stereocenters. The van der Waals surface area contributed by atoms with Crippen molar-refractivity contribution in [1.82, 2.24) is 4.68 Å². The van der Waals surface area contributed by atoms with Gasteiger partial charge in [-0.25, -0.2) is 4.68 Å². The van der Waals surface area contributed by atoms with Gasteiger partial charge >= 0.3 is 0 Å². The lowest BCUT2D eigenvalue weighted by Gasteiger charge is -2.14. The summed E-state index contributed by atoms with van der Waals surface area (Å²) in [7, 11) is 4.77. The highest BCUT2D eigenvalue weighted by atomic mass is 32.1. The number of benzene rings is 3. The number of hydrogen-bond acceptors (Lipinski definition) is 7. The van der Waals surface area contributed by atoms with Crippen LogP contribution in [0.4, 0.5) is 0 Å². The largest absolute Gasteiger partial charge is 0.493 e. The second kappa shape index (κ2) is 11.4. The Balaban J connectivity index is 1.87. The van der Waals surface area contributed by atoms with Crippen molar-refractivity contribution in [3.63, 3.8) is 0 Å². The van der Waals surface area contributed by atoms with Crippen molar-refractivity contribution in [2.45, 2.75) is 13.5 Å². The number of thiazole rings is 1. The Hall–Kier alpha value is -4.35. The van der Waals surface area contributed by atoms with E-state index in [1.807, 2.05) is 71.6 Å². The maximum Gasteiger partial charge on any atom is 0.206 e. The van der Waals surface area contributed by atoms with Crippen LogP contribution in [0, 0.1) is 11.3 Å². The second-order valence-corrected chi connectivity index (χ2v) is 8.64. The fourth-order valence-electron chi connectivity index (χ4n) is 3.67. The van der Waals surface area contributed by atoms with Gasteiger partial charge in [0.25, 0.3) is 0 Å². The summed E-state index contributed by atoms with van der Waals surface area (Å²) in [6.45, 7) is 2.47. The predicted molar refractivity (Wildman–Crippen MR) is 142 cm³/mol. The molecule has 0 aliphatic heterocycles. The number of ether oxygens (including phenoxy) is 3. The fourth-order valence-corrected chi connectivity index (χ4v) is 4.50. The minimum Gasteiger partial charge on any atom is -0.493 e. The van der Waals surface area contributed by atoms with Gasteiger partial charge in [0.2, 0.25) is 10.6 Å². The average molecular weight is 499 g/mol. The second-order valence-electron chi connectivity index (χ2n) is 7.81. The van der Waals surface area contributed by atoms with E-state index >= 15 is 0 Å². The van der Waals surface area contributed by atoms with Gasteiger partial charge in [0.15, 0.2) is 11.5 Å². The SMILES string of the molecule is COc1cc(-c2csc(=NCc3ccccc3)n2N=C(C)c2ccc(C#N)cc2)cc(OC)c1OC. The molecule has 8 heteroatoms. The number of hydrogen-bond donors (Lipinski definition) is 0. The molecule has 0 bridgehead atoms. The van der Waals surface area contributed by atoms with Crippen LogP contribution in [0.15, 0.2) is 82.2 Å². The Labute approximate surface area is 214 Å². The molecule has 0 aliphatic rings. The summed E-state index contributed by atoms with van der Waals surface area (Å²) in [5, 5.41) is 16.1. The van der Waals surface area contributed by atoms with Crippen LogP contribution in [0.5, 0.6) is 17.2 Å². The van der Waals surface area contributed by atoms with Gasteiger partial charge in [-0.2, -0.15) is 10.4 Å². The molecule has 182 valence electrons. The van der Waals surface area contributed by atoms with Crippen LogP contribution < -0.4 is 19.0 Å². The van der Waals surface area contributed by atoms with Crippen molar-refractivity contribution in [1.29, 1.82) is 5.26 Å². The monoisotopic (exact) mass is 498 g/mol. The van der Waals surface area contributed by atoms with Crippen molar-refractivity contribution < 1.29 is 14.2 Å². The molecule has 0 amide bonds. The zero-order valence-corrected chi connectivity index (χ0v) is 21.4. The van der Waals surface area contributed by atoms with Gasteiger partial charge < -0.3 is 14.2 Å². The third-order valence-electron chi connectivity index (χ3n) is 5.57. The van der Waals surface area contributed by atoms with E-state index in [1.54, 1.807) is 33.5 Å². The Kier molecular flexibility index (Phi) is 7.83. The summed E-state index contributed by atoms with van der Waals surface area (Å²) in [6.07, 6.45) is 0. The fraction of sp³-hybridized carbons (Fsp3) is 0.179. The first-order valence-electron chi connectivity index (χ1n) is 11.2. The molecular formula is C28H26N4O3S. The number of methoxy groups -OCH3 is 3. The van der Waals surface area contributed by atoms with Gasteiger partial charge in [0, 0.05) is 10.9 Å². The van der Waals surface area contributed by atoms with Crippen molar-refractivity contribution in [2.24, 2.45) is 10.1 Å². The van der Waals surface area contributed by atoms with Gasteiger partial charge in [0.05, 0.1) is 50.9 Å². The summed E-state index contributed by atoms with van der Waals surface area (Å²) >= 11 is 1.50. The molecule has 1 heterocycles. The third kappa shape index (κ3) is 5.32. The molecule has 4 rings (SSSR count). The Morgan fingerprint density at radius 3 is 2.19 bits per heavy atom. The van der Waals surface area contributed by atoms with Crippen LogP contribution >= 0.6 is 11.3 Å². The lowest BCUT2D eigenvalue weighted by Crippen LogP contribution is -2.14. The number of aromatic nitrogens is 1. The molecule has 36 heavy (non-hydrogen) atoms. The summed E-state index contributed by atoms with van der Waals surface area (Å²) in [6, 6.07) is 23.4. The Morgan fingerprint density at radius 2 is 1.61 bits per heavy atom. The highest BCUT2D eigenvalue weighted by Crippen LogP contribution is 2.41. The van der Waals surface area contributed by atoms with Crippen LogP contribution in [0.3, 0.4) is 0 Å². The molecule has 3 aromatic carbocycles. The summed E-state index contributed by atoms with van der Waals surface area (Å²) in [5.74, 6) is 1.64. The van der Waals surface area contributed by atoms with Crippen LogP contribution in [-0.2, 0) is 6.54 Å². The zero-order chi connectivity index (χ0) is 25.5. The first-order chi connectivity index (χ1) is 17.6. The molecule has 0 unspecified atom stereocenters. The van der Waals surface area contributed by atoms with Crippen LogP contribution in [0.1, 0.15) is 23.6 Å². The Morgan fingerprint density at radius 1 is 0.944 bits per heavy atom. The highest BCUT2D eigenvalue weighted by Gasteiger charge is 2.17. The number of nitriles is 1. The quantitative estimate of drug-likeness (QED) is 0.301. The summed E-state index contributed by atoms with van der Waals surface area (Å²) in [4.78, 5) is 5.61. The first-order valence-corrected chi connectivity index (χ1v) is 12.1. The Bertz CT molecular complexity index is 1450. The average Bonchev–Trinajstić information content (AvgIpc) is 3.33. The maximum atomic E-state index is 9.12. The minimum absolute atomic E-state index is 0.525. The van der Waals surface area contributed by atoms with Crippen LogP contribution in [-0.4, -0.2) is 31.7 Å². The first kappa shape index (κ1) is 24.8. The summed E-state index contributed by atoms with van der Waals surface area (Å²) in [5.41, 5.74) is 5.09. The van der Waals surface area contributed by atoms with Crippen LogP contribution in [0.2, 0.25) is 0 Å². The van der Waals surface area contributed by atoms with Crippen molar-refractivity contribution in [2.75, 3.05) is 21.3 Å². The molecule has 0 saturated heterocycles. The predicted octanol–water partition coefficient (Wildman–Crippen LogP) is 5.49. The van der Waals surface area contributed by atoms with E-state index in [1.165, 1.54) is 11.3 Å². The molecule has 4 aromatic rings. The molecule has 0 fully saturated rings. The molecule has 0 aliphatic carbocycles. The molecular weight excluding hydrogens is 472 g/mol. The lowest BCUT2D eigenvalue weighted by molar-refractivity contribution is 0.324. The smallest absolute Gasteiger partial charge is 0.206 e. The van der Waals surface area contributed by atoms with E-state index in [9.17, 15) is 0 Å². The van der Waals surface area contributed by atoms with E-state index in [0.29, 0.717) is 29.4 Å². The zero-order valence-electron chi connectivity index (χ0n) is 20.6. The van der Waals surface area contributed by atoms with Gasteiger partial charge in [-0.05, 0) is 42.3 Å². The van der Waals surface area contributed by atoms with E-state index in [2.05, 4.69) is 6.07 Å². The van der Waals surface area contributed by atoms with Gasteiger partial charge in [-0.3, -0.25) is 4.99 Å². The van der Waals surface area contributed by atoms with E-state index < -0.39 is 0 Å². The normalized spacial score (nSPS) is 11.8. The van der Waals surface area contributed by atoms with Gasteiger partial charge in [-0.1, -0.05) is 42.5 Å². The molecule has 0 saturated carbocycles. The summed E-state index contributed by atoms with van der Waals surface area (Å²) < 4.78 is 18.5. The maximum absolute atomic E-state index is 9.12. The van der Waals surface area contributed by atoms with Gasteiger partial charge in [0.1, 0.15) is 0 Å². The van der Waals surface area contributed by atoms with E-state index in [-0.39, 0.29) is 0 Å². The standard InChI is InChI=1S/C28H26N4O3S/c1-19(22-12-10-20(16-29)11-13-22)31-32-24(18-36-28(32)30-17-21-8-6-5-7-9-21)23-14-25(33-2)27(35-4)26(15-23)34-3/h5-15,18H,17H2,1-4H3. The van der Waals surface area contributed by atoms with Crippen molar-refractivity contribution in [3.8, 4) is 34.6 Å². The highest BCUT2D eigenvalue weighted by molar-refractivity contribution is 7.07. The van der Waals surface area contributed by atoms with Gasteiger partial charge in [-0.15, -0.1) is 11.3 Å². The molecule has 0 radical (unpaired) electrons. The third-order valence-corrected chi connectivity index (χ3v) is 6.42. The molecule has 0 N–H and O–H groups in total. The van der Waals surface area contributed by atoms with Crippen molar-refractivity contribution in [3.05, 3.63) is 93.6 Å². The molecule has 1 aromatic heterocycles. The number of rotatable bonds is 8. The van der Waals surface area contributed by atoms with E-state index in [0.717, 1.165) is 32.9 Å². The van der Waals surface area contributed by atoms with Crippen molar-refractivity contribution >= 4 is 17.0 Å².